The summed E-state index contributed by atoms with van der Waals surface area (Å²) in [5.41, 5.74) is 0. The number of aromatic hydroxyl groups is 2. The first kappa shape index (κ1) is 13.7. The van der Waals surface area contributed by atoms with Gasteiger partial charge >= 0.3 is 0 Å². The van der Waals surface area contributed by atoms with Crippen LogP contribution in [-0.4, -0.2) is 10.2 Å². The van der Waals surface area contributed by atoms with E-state index in [2.05, 4.69) is 12.1 Å². The van der Waals surface area contributed by atoms with Crippen molar-refractivity contribution in [3.63, 3.8) is 0 Å². The van der Waals surface area contributed by atoms with E-state index < -0.39 is 7.92 Å². The minimum atomic E-state index is -0.693. The van der Waals surface area contributed by atoms with E-state index >= 15 is 0 Å². The minimum absolute atomic E-state index is 0.271. The molecule has 3 aromatic carbocycles. The van der Waals surface area contributed by atoms with Crippen molar-refractivity contribution in [1.82, 2.24) is 0 Å². The van der Waals surface area contributed by atoms with Crippen LogP contribution in [0, 0.1) is 0 Å². The summed E-state index contributed by atoms with van der Waals surface area (Å²) in [6.07, 6.45) is 0. The Balaban J connectivity index is 2.11. The highest BCUT2D eigenvalue weighted by Gasteiger charge is 2.16. The predicted octanol–water partition coefficient (Wildman–Crippen LogP) is 2.86. The number of benzene rings is 3. The van der Waals surface area contributed by atoms with Crippen molar-refractivity contribution >= 4 is 23.8 Å². The lowest BCUT2D eigenvalue weighted by molar-refractivity contribution is 0.475. The second-order valence-corrected chi connectivity index (χ2v) is 6.92. The Morgan fingerprint density at radius 3 is 1.29 bits per heavy atom. The van der Waals surface area contributed by atoms with E-state index in [9.17, 15) is 10.2 Å². The molecule has 0 saturated carbocycles. The summed E-state index contributed by atoms with van der Waals surface area (Å²) in [6, 6.07) is 25.0. The van der Waals surface area contributed by atoms with Crippen LogP contribution in [0.5, 0.6) is 11.5 Å². The molecule has 0 aromatic heterocycles. The van der Waals surface area contributed by atoms with Crippen LogP contribution in [0.1, 0.15) is 0 Å². The number of rotatable bonds is 3. The molecule has 0 amide bonds. The quantitative estimate of drug-likeness (QED) is 0.729. The molecular formula is C18H15O2P. The molecule has 0 aliphatic rings. The summed E-state index contributed by atoms with van der Waals surface area (Å²) in [4.78, 5) is 0. The second kappa shape index (κ2) is 5.99. The van der Waals surface area contributed by atoms with Crippen molar-refractivity contribution in [2.24, 2.45) is 0 Å². The van der Waals surface area contributed by atoms with E-state index in [4.69, 9.17) is 0 Å². The van der Waals surface area contributed by atoms with Crippen molar-refractivity contribution in [2.45, 2.75) is 0 Å². The normalized spacial score (nSPS) is 10.7. The van der Waals surface area contributed by atoms with Gasteiger partial charge in [0.2, 0.25) is 0 Å². The Morgan fingerprint density at radius 2 is 0.857 bits per heavy atom. The van der Waals surface area contributed by atoms with Gasteiger partial charge < -0.3 is 10.2 Å². The molecule has 0 fully saturated rings. The lowest BCUT2D eigenvalue weighted by Gasteiger charge is -2.19. The predicted molar refractivity (Wildman–Crippen MR) is 88.5 cm³/mol. The van der Waals surface area contributed by atoms with E-state index in [0.717, 1.165) is 0 Å². The smallest absolute Gasteiger partial charge is 0.115 e. The topological polar surface area (TPSA) is 40.5 Å². The van der Waals surface area contributed by atoms with Crippen LogP contribution in [0.15, 0.2) is 78.9 Å². The zero-order valence-corrected chi connectivity index (χ0v) is 12.2. The summed E-state index contributed by atoms with van der Waals surface area (Å²) in [5, 5.41) is 22.6. The Kier molecular flexibility index (Phi) is 3.89. The van der Waals surface area contributed by atoms with Gasteiger partial charge in [-0.1, -0.05) is 54.6 Å². The summed E-state index contributed by atoms with van der Waals surface area (Å²) >= 11 is 0. The third-order valence-electron chi connectivity index (χ3n) is 3.23. The number of hydrogen-bond acceptors (Lipinski definition) is 2. The molecule has 0 saturated heterocycles. The molecule has 3 aromatic rings. The van der Waals surface area contributed by atoms with Gasteiger partial charge in [-0.3, -0.25) is 0 Å². The largest absolute Gasteiger partial charge is 0.508 e. The van der Waals surface area contributed by atoms with Gasteiger partial charge in [0.1, 0.15) is 11.5 Å². The van der Waals surface area contributed by atoms with Crippen LogP contribution in [0.4, 0.5) is 0 Å². The van der Waals surface area contributed by atoms with Crippen LogP contribution in [0.25, 0.3) is 0 Å². The highest BCUT2D eigenvalue weighted by molar-refractivity contribution is 7.79. The molecule has 0 spiro atoms. The summed E-state index contributed by atoms with van der Waals surface area (Å²) in [7, 11) is -0.693. The first-order valence-electron chi connectivity index (χ1n) is 6.67. The van der Waals surface area contributed by atoms with Gasteiger partial charge in [0.25, 0.3) is 0 Å². The first-order chi connectivity index (χ1) is 10.2. The molecule has 0 atom stereocenters. The molecule has 2 N–H and O–H groups in total. The van der Waals surface area contributed by atoms with Gasteiger partial charge in [0.05, 0.1) is 0 Å². The molecule has 3 rings (SSSR count). The summed E-state index contributed by atoms with van der Waals surface area (Å²) < 4.78 is 0. The molecule has 0 unspecified atom stereocenters. The Labute approximate surface area is 125 Å². The lowest BCUT2D eigenvalue weighted by atomic mass is 10.3. The Morgan fingerprint density at radius 1 is 0.476 bits per heavy atom. The van der Waals surface area contributed by atoms with Gasteiger partial charge in [-0.2, -0.15) is 0 Å². The van der Waals surface area contributed by atoms with Crippen molar-refractivity contribution < 1.29 is 10.2 Å². The monoisotopic (exact) mass is 294 g/mol. The molecule has 2 nitrogen and oxygen atoms in total. The van der Waals surface area contributed by atoms with Gasteiger partial charge in [-0.25, -0.2) is 0 Å². The SMILES string of the molecule is Oc1ccc(P(c2ccccc2)c2ccc(O)cc2)cc1. The zero-order chi connectivity index (χ0) is 14.7. The fourth-order valence-electron chi connectivity index (χ4n) is 2.23. The van der Waals surface area contributed by atoms with E-state index in [1.807, 2.05) is 42.5 Å². The molecule has 0 heterocycles. The average molecular weight is 294 g/mol. The molecule has 21 heavy (non-hydrogen) atoms. The standard InChI is InChI=1S/C18H15O2P/c19-14-6-10-17(11-7-14)21(16-4-2-1-3-5-16)18-12-8-15(20)9-13-18/h1-13,19-20H. The molecule has 0 aliphatic heterocycles. The van der Waals surface area contributed by atoms with E-state index in [0.29, 0.717) is 0 Å². The molecule has 0 radical (unpaired) electrons. The van der Waals surface area contributed by atoms with Crippen molar-refractivity contribution in [2.75, 3.05) is 0 Å². The van der Waals surface area contributed by atoms with E-state index in [1.165, 1.54) is 15.9 Å². The summed E-state index contributed by atoms with van der Waals surface area (Å²) in [6.45, 7) is 0. The van der Waals surface area contributed by atoms with Crippen molar-refractivity contribution in [1.29, 1.82) is 0 Å². The molecule has 104 valence electrons. The highest BCUT2D eigenvalue weighted by atomic mass is 31.1. The minimum Gasteiger partial charge on any atom is -0.508 e. The molecular weight excluding hydrogens is 279 g/mol. The maximum Gasteiger partial charge on any atom is 0.115 e. The van der Waals surface area contributed by atoms with Gasteiger partial charge in [-0.05, 0) is 48.1 Å². The Bertz CT molecular complexity index is 661. The maximum absolute atomic E-state index is 9.49. The van der Waals surface area contributed by atoms with Crippen LogP contribution >= 0.6 is 7.92 Å². The molecule has 0 bridgehead atoms. The number of phenols is 2. The van der Waals surface area contributed by atoms with Crippen molar-refractivity contribution in [3.8, 4) is 11.5 Å². The second-order valence-electron chi connectivity index (χ2n) is 4.70. The van der Waals surface area contributed by atoms with Crippen LogP contribution in [-0.2, 0) is 0 Å². The van der Waals surface area contributed by atoms with Gasteiger partial charge in [-0.15, -0.1) is 0 Å². The van der Waals surface area contributed by atoms with E-state index in [1.54, 1.807) is 24.3 Å². The average Bonchev–Trinajstić information content (AvgIpc) is 2.52. The summed E-state index contributed by atoms with van der Waals surface area (Å²) in [5.74, 6) is 0.542. The fraction of sp³-hybridized carbons (Fsp3) is 0. The van der Waals surface area contributed by atoms with E-state index in [-0.39, 0.29) is 11.5 Å². The third kappa shape index (κ3) is 3.07. The molecule has 0 aliphatic carbocycles. The van der Waals surface area contributed by atoms with Crippen LogP contribution in [0.2, 0.25) is 0 Å². The van der Waals surface area contributed by atoms with Crippen molar-refractivity contribution in [3.05, 3.63) is 78.9 Å². The Hall–Kier alpha value is -2.31. The van der Waals surface area contributed by atoms with Gasteiger partial charge in [0, 0.05) is 0 Å². The lowest BCUT2D eigenvalue weighted by Crippen LogP contribution is -2.20. The fourth-order valence-corrected chi connectivity index (χ4v) is 4.49. The number of hydrogen-bond donors (Lipinski definition) is 2. The van der Waals surface area contributed by atoms with Crippen LogP contribution in [0.3, 0.4) is 0 Å². The maximum atomic E-state index is 9.49. The third-order valence-corrected chi connectivity index (χ3v) is 5.67. The highest BCUT2D eigenvalue weighted by Crippen LogP contribution is 2.33. The van der Waals surface area contributed by atoms with Crippen LogP contribution < -0.4 is 15.9 Å². The number of phenolic OH excluding ortho intramolecular Hbond substituents is 2. The molecule has 3 heteroatoms. The first-order valence-corrected chi connectivity index (χ1v) is 8.01. The van der Waals surface area contributed by atoms with Gasteiger partial charge in [0.15, 0.2) is 0 Å². The zero-order valence-electron chi connectivity index (χ0n) is 11.3.